The maximum absolute atomic E-state index is 13.3. The van der Waals surface area contributed by atoms with E-state index in [9.17, 15) is 8.78 Å². The molecule has 0 saturated carbocycles. The van der Waals surface area contributed by atoms with Gasteiger partial charge in [-0.3, -0.25) is 0 Å². The van der Waals surface area contributed by atoms with Crippen LogP contribution in [0.4, 0.5) is 8.78 Å². The average molecular weight is 292 g/mol. The highest BCUT2D eigenvalue weighted by atomic mass is 19.2. The van der Waals surface area contributed by atoms with Crippen LogP contribution in [0.25, 0.3) is 0 Å². The monoisotopic (exact) mass is 292 g/mol. The Hall–Kier alpha value is -1.68. The molecular formula is C17H22F2N2. The van der Waals surface area contributed by atoms with Crippen LogP contribution >= 0.6 is 0 Å². The first-order valence-electron chi connectivity index (χ1n) is 7.28. The second-order valence-electron chi connectivity index (χ2n) is 5.42. The van der Waals surface area contributed by atoms with Crippen molar-refractivity contribution in [3.63, 3.8) is 0 Å². The number of nitrogens with zero attached hydrogens (tertiary/aromatic N) is 1. The van der Waals surface area contributed by atoms with E-state index in [0.29, 0.717) is 6.54 Å². The Bertz CT molecular complexity index is 632. The number of nitrogens with one attached hydrogen (secondary N) is 1. The average Bonchev–Trinajstić information content (AvgIpc) is 2.73. The molecule has 4 heteroatoms. The van der Waals surface area contributed by atoms with Crippen molar-refractivity contribution in [2.24, 2.45) is 0 Å². The molecule has 0 spiro atoms. The zero-order valence-electron chi connectivity index (χ0n) is 13.0. The molecule has 1 aromatic carbocycles. The standard InChI is InChI=1S/C17H22F2N2/c1-5-21-11(2)8-15(13(21)4)10-20-12(3)14-6-7-16(18)17(19)9-14/h6-9,12,20H,5,10H2,1-4H3. The third-order valence-electron chi connectivity index (χ3n) is 4.04. The van der Waals surface area contributed by atoms with Crippen molar-refractivity contribution in [1.29, 1.82) is 0 Å². The number of aromatic nitrogens is 1. The van der Waals surface area contributed by atoms with Gasteiger partial charge in [-0.2, -0.15) is 0 Å². The van der Waals surface area contributed by atoms with E-state index >= 15 is 0 Å². The van der Waals surface area contributed by atoms with E-state index in [-0.39, 0.29) is 6.04 Å². The number of hydrogen-bond donors (Lipinski definition) is 1. The van der Waals surface area contributed by atoms with Gasteiger partial charge in [0.15, 0.2) is 11.6 Å². The van der Waals surface area contributed by atoms with Crippen LogP contribution in [-0.2, 0) is 13.1 Å². The van der Waals surface area contributed by atoms with Crippen molar-refractivity contribution in [3.8, 4) is 0 Å². The van der Waals surface area contributed by atoms with Crippen molar-refractivity contribution >= 4 is 0 Å². The largest absolute Gasteiger partial charge is 0.349 e. The molecule has 2 rings (SSSR count). The third kappa shape index (κ3) is 3.32. The molecule has 0 bridgehead atoms. The lowest BCUT2D eigenvalue weighted by Gasteiger charge is -2.15. The predicted octanol–water partition coefficient (Wildman–Crippen LogP) is 4.25. The quantitative estimate of drug-likeness (QED) is 0.871. The fraction of sp³-hybridized carbons (Fsp3) is 0.412. The number of hydrogen-bond acceptors (Lipinski definition) is 1. The maximum atomic E-state index is 13.3. The first kappa shape index (κ1) is 15.7. The van der Waals surface area contributed by atoms with Crippen LogP contribution in [0.2, 0.25) is 0 Å². The van der Waals surface area contributed by atoms with Crippen LogP contribution < -0.4 is 5.32 Å². The molecule has 1 aromatic heterocycles. The van der Waals surface area contributed by atoms with Crippen molar-refractivity contribution in [2.45, 2.75) is 46.8 Å². The second kappa shape index (κ2) is 6.39. The first-order chi connectivity index (χ1) is 9.93. The molecule has 1 unspecified atom stereocenters. The third-order valence-corrected chi connectivity index (χ3v) is 4.04. The van der Waals surface area contributed by atoms with E-state index in [2.05, 4.69) is 36.7 Å². The van der Waals surface area contributed by atoms with Crippen molar-refractivity contribution in [2.75, 3.05) is 0 Å². The zero-order chi connectivity index (χ0) is 15.6. The van der Waals surface area contributed by atoms with Gasteiger partial charge in [-0.1, -0.05) is 6.07 Å². The van der Waals surface area contributed by atoms with Gasteiger partial charge in [0, 0.05) is 30.5 Å². The highest BCUT2D eigenvalue weighted by molar-refractivity contribution is 5.27. The molecule has 0 amide bonds. The molecule has 1 heterocycles. The molecule has 0 aliphatic heterocycles. The molecule has 21 heavy (non-hydrogen) atoms. The Morgan fingerprint density at radius 1 is 1.14 bits per heavy atom. The number of benzene rings is 1. The summed E-state index contributed by atoms with van der Waals surface area (Å²) in [5.41, 5.74) is 4.48. The minimum Gasteiger partial charge on any atom is -0.349 e. The Balaban J connectivity index is 2.07. The lowest BCUT2D eigenvalue weighted by molar-refractivity contribution is 0.500. The molecule has 1 atom stereocenters. The van der Waals surface area contributed by atoms with Crippen LogP contribution in [0.15, 0.2) is 24.3 Å². The maximum Gasteiger partial charge on any atom is 0.159 e. The molecule has 1 N–H and O–H groups in total. The Labute approximate surface area is 124 Å². The Morgan fingerprint density at radius 3 is 2.43 bits per heavy atom. The van der Waals surface area contributed by atoms with E-state index in [1.54, 1.807) is 6.07 Å². The second-order valence-corrected chi connectivity index (χ2v) is 5.42. The summed E-state index contributed by atoms with van der Waals surface area (Å²) in [5.74, 6) is -1.61. The number of rotatable bonds is 5. The summed E-state index contributed by atoms with van der Waals surface area (Å²) in [5, 5.41) is 3.36. The lowest BCUT2D eigenvalue weighted by Crippen LogP contribution is -2.18. The molecule has 2 nitrogen and oxygen atoms in total. The molecule has 0 aliphatic carbocycles. The summed E-state index contributed by atoms with van der Waals surface area (Å²) in [4.78, 5) is 0. The van der Waals surface area contributed by atoms with Crippen molar-refractivity contribution < 1.29 is 8.78 Å². The fourth-order valence-electron chi connectivity index (χ4n) is 2.70. The minimum atomic E-state index is -0.808. The smallest absolute Gasteiger partial charge is 0.159 e. The molecular weight excluding hydrogens is 270 g/mol. The first-order valence-corrected chi connectivity index (χ1v) is 7.28. The van der Waals surface area contributed by atoms with Crippen LogP contribution in [-0.4, -0.2) is 4.57 Å². The molecule has 0 aliphatic rings. The van der Waals surface area contributed by atoms with Gasteiger partial charge in [0.25, 0.3) is 0 Å². The van der Waals surface area contributed by atoms with Crippen molar-refractivity contribution in [1.82, 2.24) is 9.88 Å². The van der Waals surface area contributed by atoms with E-state index in [1.807, 2.05) is 6.92 Å². The van der Waals surface area contributed by atoms with Gasteiger partial charge < -0.3 is 9.88 Å². The lowest BCUT2D eigenvalue weighted by atomic mass is 10.1. The van der Waals surface area contributed by atoms with Crippen LogP contribution in [0.5, 0.6) is 0 Å². The van der Waals surface area contributed by atoms with Crippen LogP contribution in [0, 0.1) is 25.5 Å². The van der Waals surface area contributed by atoms with Crippen LogP contribution in [0.1, 0.15) is 42.4 Å². The van der Waals surface area contributed by atoms with Gasteiger partial charge in [-0.15, -0.1) is 0 Å². The van der Waals surface area contributed by atoms with Gasteiger partial charge >= 0.3 is 0 Å². The van der Waals surface area contributed by atoms with Gasteiger partial charge in [0.1, 0.15) is 0 Å². The summed E-state index contributed by atoms with van der Waals surface area (Å²) in [6, 6.07) is 6.17. The molecule has 2 aromatic rings. The summed E-state index contributed by atoms with van der Waals surface area (Å²) in [7, 11) is 0. The Morgan fingerprint density at radius 2 is 1.86 bits per heavy atom. The van der Waals surface area contributed by atoms with E-state index in [4.69, 9.17) is 0 Å². The number of aryl methyl sites for hydroxylation is 1. The normalized spacial score (nSPS) is 12.7. The zero-order valence-corrected chi connectivity index (χ0v) is 13.0. The van der Waals surface area contributed by atoms with E-state index < -0.39 is 11.6 Å². The molecule has 114 valence electrons. The highest BCUT2D eigenvalue weighted by Crippen LogP contribution is 2.19. The van der Waals surface area contributed by atoms with Gasteiger partial charge in [-0.25, -0.2) is 8.78 Å². The van der Waals surface area contributed by atoms with Gasteiger partial charge in [0.05, 0.1) is 0 Å². The highest BCUT2D eigenvalue weighted by Gasteiger charge is 2.11. The summed E-state index contributed by atoms with van der Waals surface area (Å²) in [6.07, 6.45) is 0. The number of halogens is 2. The van der Waals surface area contributed by atoms with Gasteiger partial charge in [-0.05, 0) is 57.0 Å². The van der Waals surface area contributed by atoms with Crippen LogP contribution in [0.3, 0.4) is 0 Å². The summed E-state index contributed by atoms with van der Waals surface area (Å²) in [6.45, 7) is 9.94. The SMILES string of the molecule is CCn1c(C)cc(CNC(C)c2ccc(F)c(F)c2)c1C. The molecule has 0 saturated heterocycles. The fourth-order valence-corrected chi connectivity index (χ4v) is 2.70. The Kier molecular flexibility index (Phi) is 4.78. The summed E-state index contributed by atoms with van der Waals surface area (Å²) < 4.78 is 28.5. The molecule has 0 fully saturated rings. The van der Waals surface area contributed by atoms with E-state index in [1.165, 1.54) is 29.1 Å². The molecule has 0 radical (unpaired) electrons. The van der Waals surface area contributed by atoms with Gasteiger partial charge in [0.2, 0.25) is 0 Å². The summed E-state index contributed by atoms with van der Waals surface area (Å²) >= 11 is 0. The topological polar surface area (TPSA) is 17.0 Å². The van der Waals surface area contributed by atoms with E-state index in [0.717, 1.165) is 12.1 Å². The predicted molar refractivity (Wildman–Crippen MR) is 81.2 cm³/mol. The van der Waals surface area contributed by atoms with Crippen molar-refractivity contribution in [3.05, 3.63) is 58.4 Å². The minimum absolute atomic E-state index is 0.0372.